The highest BCUT2D eigenvalue weighted by Gasteiger charge is 2.33. The molecule has 0 saturated carbocycles. The normalized spacial score (nSPS) is 20.1. The van der Waals surface area contributed by atoms with E-state index in [1.807, 2.05) is 18.2 Å². The third-order valence-electron chi connectivity index (χ3n) is 2.83. The van der Waals surface area contributed by atoms with Crippen LogP contribution >= 0.6 is 15.9 Å². The molecule has 0 atom stereocenters. The Balaban J connectivity index is 2.35. The summed E-state index contributed by atoms with van der Waals surface area (Å²) in [4.78, 5) is 0. The van der Waals surface area contributed by atoms with Gasteiger partial charge in [-0.15, -0.1) is 0 Å². The molecule has 0 radical (unpaired) electrons. The highest BCUT2D eigenvalue weighted by atomic mass is 79.9. The summed E-state index contributed by atoms with van der Waals surface area (Å²) < 4.78 is 6.17. The third-order valence-corrected chi connectivity index (χ3v) is 3.33. The van der Waals surface area contributed by atoms with E-state index >= 15 is 0 Å². The van der Waals surface area contributed by atoms with E-state index in [2.05, 4.69) is 15.9 Å². The lowest BCUT2D eigenvalue weighted by Crippen LogP contribution is -2.34. The summed E-state index contributed by atoms with van der Waals surface area (Å²) in [6.45, 7) is 1.18. The standard InChI is InChI=1S/C11H14BrNO2/c12-8-1-2-9(10(13)7-8)11(14)3-5-15-6-4-11/h1-2,7,14H,3-6,13H2. The molecular formula is C11H14BrNO2. The molecule has 0 aromatic heterocycles. The number of hydrogen-bond donors (Lipinski definition) is 2. The molecule has 15 heavy (non-hydrogen) atoms. The van der Waals surface area contributed by atoms with Crippen molar-refractivity contribution >= 4 is 21.6 Å². The average molecular weight is 272 g/mol. The van der Waals surface area contributed by atoms with Gasteiger partial charge in [-0.1, -0.05) is 22.0 Å². The molecular weight excluding hydrogens is 258 g/mol. The van der Waals surface area contributed by atoms with Crippen LogP contribution in [0.25, 0.3) is 0 Å². The van der Waals surface area contributed by atoms with Gasteiger partial charge >= 0.3 is 0 Å². The highest BCUT2D eigenvalue weighted by Crippen LogP contribution is 2.36. The van der Waals surface area contributed by atoms with Crippen LogP contribution in [0, 0.1) is 0 Å². The first-order valence-corrected chi connectivity index (χ1v) is 5.77. The Bertz CT molecular complexity index is 362. The second-order valence-corrected chi connectivity index (χ2v) is 4.79. The third kappa shape index (κ3) is 2.17. The van der Waals surface area contributed by atoms with Crippen LogP contribution in [0.4, 0.5) is 5.69 Å². The summed E-state index contributed by atoms with van der Waals surface area (Å²) in [5.74, 6) is 0. The van der Waals surface area contributed by atoms with Gasteiger partial charge in [0.15, 0.2) is 0 Å². The van der Waals surface area contributed by atoms with E-state index in [0.717, 1.165) is 10.0 Å². The summed E-state index contributed by atoms with van der Waals surface area (Å²) in [6, 6.07) is 5.60. The fraction of sp³-hybridized carbons (Fsp3) is 0.455. The average Bonchev–Trinajstić information content (AvgIpc) is 2.18. The summed E-state index contributed by atoms with van der Waals surface area (Å²) in [5.41, 5.74) is 6.54. The van der Waals surface area contributed by atoms with Crippen molar-refractivity contribution < 1.29 is 9.84 Å². The summed E-state index contributed by atoms with van der Waals surface area (Å²) in [6.07, 6.45) is 1.22. The summed E-state index contributed by atoms with van der Waals surface area (Å²) >= 11 is 3.35. The molecule has 1 aromatic rings. The minimum Gasteiger partial charge on any atom is -0.398 e. The quantitative estimate of drug-likeness (QED) is 0.769. The second kappa shape index (κ2) is 4.12. The van der Waals surface area contributed by atoms with Gasteiger partial charge in [0, 0.05) is 41.8 Å². The predicted molar refractivity (Wildman–Crippen MR) is 62.5 cm³/mol. The molecule has 3 N–H and O–H groups in total. The number of halogens is 1. The van der Waals surface area contributed by atoms with Gasteiger partial charge < -0.3 is 15.6 Å². The van der Waals surface area contributed by atoms with Crippen molar-refractivity contribution in [2.24, 2.45) is 0 Å². The Morgan fingerprint density at radius 3 is 2.60 bits per heavy atom. The Hall–Kier alpha value is -0.580. The van der Waals surface area contributed by atoms with Crippen molar-refractivity contribution in [1.82, 2.24) is 0 Å². The number of ether oxygens (including phenoxy) is 1. The molecule has 1 saturated heterocycles. The highest BCUT2D eigenvalue weighted by molar-refractivity contribution is 9.10. The number of anilines is 1. The fourth-order valence-electron chi connectivity index (χ4n) is 1.94. The lowest BCUT2D eigenvalue weighted by molar-refractivity contribution is -0.0674. The van der Waals surface area contributed by atoms with Crippen LogP contribution in [0.3, 0.4) is 0 Å². The number of benzene rings is 1. The van der Waals surface area contributed by atoms with Crippen molar-refractivity contribution in [2.75, 3.05) is 18.9 Å². The van der Waals surface area contributed by atoms with Crippen molar-refractivity contribution in [2.45, 2.75) is 18.4 Å². The SMILES string of the molecule is Nc1cc(Br)ccc1C1(O)CCOCC1. The first kappa shape index (κ1) is 10.9. The minimum absolute atomic E-state index is 0.589. The van der Waals surface area contributed by atoms with Crippen LogP contribution in [-0.2, 0) is 10.3 Å². The Kier molecular flexibility index (Phi) is 3.00. The largest absolute Gasteiger partial charge is 0.398 e. The molecule has 4 heteroatoms. The summed E-state index contributed by atoms with van der Waals surface area (Å²) in [7, 11) is 0. The monoisotopic (exact) mass is 271 g/mol. The van der Waals surface area contributed by atoms with E-state index < -0.39 is 5.60 Å². The lowest BCUT2D eigenvalue weighted by Gasteiger charge is -2.33. The van der Waals surface area contributed by atoms with E-state index in [1.54, 1.807) is 0 Å². The molecule has 1 fully saturated rings. The van der Waals surface area contributed by atoms with Crippen LogP contribution in [0.1, 0.15) is 18.4 Å². The molecule has 3 nitrogen and oxygen atoms in total. The number of aliphatic hydroxyl groups is 1. The maximum atomic E-state index is 10.4. The van der Waals surface area contributed by atoms with Gasteiger partial charge in [0.2, 0.25) is 0 Å². The zero-order valence-corrected chi connectivity index (χ0v) is 9.96. The van der Waals surface area contributed by atoms with Crippen LogP contribution < -0.4 is 5.73 Å². The van der Waals surface area contributed by atoms with E-state index in [1.165, 1.54) is 0 Å². The Morgan fingerprint density at radius 2 is 2.00 bits per heavy atom. The number of hydrogen-bond acceptors (Lipinski definition) is 3. The smallest absolute Gasteiger partial charge is 0.0960 e. The molecule has 0 amide bonds. The molecule has 0 bridgehead atoms. The lowest BCUT2D eigenvalue weighted by atomic mass is 9.85. The van der Waals surface area contributed by atoms with Crippen molar-refractivity contribution in [3.8, 4) is 0 Å². The second-order valence-electron chi connectivity index (χ2n) is 3.88. The molecule has 1 heterocycles. The van der Waals surface area contributed by atoms with Gasteiger partial charge in [0.1, 0.15) is 0 Å². The number of nitrogen functional groups attached to an aromatic ring is 1. The van der Waals surface area contributed by atoms with E-state index in [4.69, 9.17) is 10.5 Å². The number of rotatable bonds is 1. The molecule has 1 aliphatic heterocycles. The number of nitrogens with two attached hydrogens (primary N) is 1. The van der Waals surface area contributed by atoms with Crippen LogP contribution in [0.2, 0.25) is 0 Å². The molecule has 0 aliphatic carbocycles. The van der Waals surface area contributed by atoms with Gasteiger partial charge in [0.25, 0.3) is 0 Å². The summed E-state index contributed by atoms with van der Waals surface area (Å²) in [5, 5.41) is 10.4. The van der Waals surface area contributed by atoms with Crippen LogP contribution in [0.15, 0.2) is 22.7 Å². The molecule has 0 unspecified atom stereocenters. The zero-order valence-electron chi connectivity index (χ0n) is 8.37. The van der Waals surface area contributed by atoms with E-state index in [9.17, 15) is 5.11 Å². The van der Waals surface area contributed by atoms with Crippen LogP contribution in [0.5, 0.6) is 0 Å². The Morgan fingerprint density at radius 1 is 1.33 bits per heavy atom. The molecule has 0 spiro atoms. The molecule has 2 rings (SSSR count). The molecule has 1 aliphatic rings. The van der Waals surface area contributed by atoms with Gasteiger partial charge in [-0.3, -0.25) is 0 Å². The van der Waals surface area contributed by atoms with Gasteiger partial charge in [0.05, 0.1) is 5.60 Å². The van der Waals surface area contributed by atoms with Gasteiger partial charge in [-0.2, -0.15) is 0 Å². The van der Waals surface area contributed by atoms with Crippen molar-refractivity contribution in [1.29, 1.82) is 0 Å². The van der Waals surface area contributed by atoms with Crippen LogP contribution in [-0.4, -0.2) is 18.3 Å². The van der Waals surface area contributed by atoms with Crippen molar-refractivity contribution in [3.05, 3.63) is 28.2 Å². The van der Waals surface area contributed by atoms with Gasteiger partial charge in [-0.05, 0) is 12.1 Å². The van der Waals surface area contributed by atoms with E-state index in [-0.39, 0.29) is 0 Å². The molecule has 82 valence electrons. The topological polar surface area (TPSA) is 55.5 Å². The first-order chi connectivity index (χ1) is 7.12. The predicted octanol–water partition coefficient (Wildman–Crippen LogP) is 2.03. The van der Waals surface area contributed by atoms with Crippen molar-refractivity contribution in [3.63, 3.8) is 0 Å². The first-order valence-electron chi connectivity index (χ1n) is 4.97. The fourth-order valence-corrected chi connectivity index (χ4v) is 2.31. The maximum Gasteiger partial charge on any atom is 0.0960 e. The maximum absolute atomic E-state index is 10.4. The molecule has 1 aromatic carbocycles. The Labute approximate surface area is 97.4 Å². The minimum atomic E-state index is -0.816. The van der Waals surface area contributed by atoms with Gasteiger partial charge in [-0.25, -0.2) is 0 Å². The van der Waals surface area contributed by atoms with E-state index in [0.29, 0.717) is 31.7 Å². The zero-order chi connectivity index (χ0) is 10.9.